The lowest BCUT2D eigenvalue weighted by molar-refractivity contribution is 0.0602. The minimum absolute atomic E-state index is 0.289. The summed E-state index contributed by atoms with van der Waals surface area (Å²) in [6, 6.07) is 28.4. The Hall–Kier alpha value is -5.11. The second kappa shape index (κ2) is 10.2. The second-order valence-electron chi connectivity index (χ2n) is 9.85. The number of amides is 2. The van der Waals surface area contributed by atoms with Gasteiger partial charge in [0.25, 0.3) is 0 Å². The number of hydrogen-bond donors (Lipinski definition) is 1. The van der Waals surface area contributed by atoms with E-state index in [0.717, 1.165) is 39.6 Å². The van der Waals surface area contributed by atoms with Crippen LogP contribution in [0.4, 0.5) is 10.5 Å². The number of anilines is 1. The van der Waals surface area contributed by atoms with Crippen molar-refractivity contribution >= 4 is 17.7 Å². The van der Waals surface area contributed by atoms with Crippen LogP contribution in [0.15, 0.2) is 97.2 Å². The first kappa shape index (κ1) is 25.2. The number of carbonyl (C=O) groups is 2. The number of nitrogens with one attached hydrogen (secondary N) is 1. The van der Waals surface area contributed by atoms with Crippen LogP contribution in [0.2, 0.25) is 0 Å². The topological polar surface area (TPSA) is 81.4 Å². The fourth-order valence-corrected chi connectivity index (χ4v) is 5.41. The van der Waals surface area contributed by atoms with Crippen molar-refractivity contribution in [2.45, 2.75) is 26.4 Å². The molecule has 0 aliphatic carbocycles. The first-order valence-electron chi connectivity index (χ1n) is 13.1. The van der Waals surface area contributed by atoms with Crippen LogP contribution >= 0.6 is 0 Å². The van der Waals surface area contributed by atoms with Crippen LogP contribution in [0.25, 0.3) is 11.5 Å². The number of nitrogens with zero attached hydrogens (tertiary/aromatic N) is 4. The molecule has 8 heteroatoms. The van der Waals surface area contributed by atoms with Crippen molar-refractivity contribution in [2.24, 2.45) is 0 Å². The van der Waals surface area contributed by atoms with Crippen LogP contribution in [0.5, 0.6) is 0 Å². The third-order valence-corrected chi connectivity index (χ3v) is 7.28. The van der Waals surface area contributed by atoms with Gasteiger partial charge in [0.1, 0.15) is 5.82 Å². The number of para-hydroxylation sites is 2. The molecule has 2 aromatic heterocycles. The molecule has 2 amide bonds. The fourth-order valence-electron chi connectivity index (χ4n) is 5.41. The molecule has 5 aromatic rings. The van der Waals surface area contributed by atoms with Gasteiger partial charge in [0.2, 0.25) is 0 Å². The normalized spacial score (nSPS) is 14.2. The first-order valence-corrected chi connectivity index (χ1v) is 13.1. The lowest BCUT2D eigenvalue weighted by atomic mass is 10.00. The number of aryl methyl sites for hydroxylation is 2. The van der Waals surface area contributed by atoms with E-state index in [0.29, 0.717) is 12.2 Å². The van der Waals surface area contributed by atoms with E-state index in [1.54, 1.807) is 24.3 Å². The number of carbonyl (C=O) groups excluding carboxylic acids is 2. The molecule has 3 heterocycles. The average Bonchev–Trinajstić information content (AvgIpc) is 3.53. The maximum atomic E-state index is 14.2. The number of benzene rings is 3. The highest BCUT2D eigenvalue weighted by Gasteiger charge is 2.36. The SMILES string of the molecule is COC(=O)c1ccccc1NC(=O)N1Cc2c(C)nn(-c3ccccc3)c2-n2cccc2[C@H]1c1cccc(C)c1. The molecule has 0 bridgehead atoms. The third kappa shape index (κ3) is 4.33. The number of hydrogen-bond acceptors (Lipinski definition) is 4. The van der Waals surface area contributed by atoms with Gasteiger partial charge in [-0.15, -0.1) is 0 Å². The van der Waals surface area contributed by atoms with Crippen molar-refractivity contribution in [1.29, 1.82) is 0 Å². The fraction of sp³-hybridized carbons (Fsp3) is 0.156. The van der Waals surface area contributed by atoms with Gasteiger partial charge in [-0.3, -0.25) is 0 Å². The maximum absolute atomic E-state index is 14.2. The lowest BCUT2D eigenvalue weighted by Gasteiger charge is -2.31. The Bertz CT molecular complexity index is 1720. The Balaban J connectivity index is 1.53. The molecule has 0 radical (unpaired) electrons. The van der Waals surface area contributed by atoms with Gasteiger partial charge in [0, 0.05) is 11.8 Å². The van der Waals surface area contributed by atoms with E-state index in [4.69, 9.17) is 9.84 Å². The van der Waals surface area contributed by atoms with Crippen molar-refractivity contribution < 1.29 is 14.3 Å². The summed E-state index contributed by atoms with van der Waals surface area (Å²) in [5.74, 6) is 0.379. The summed E-state index contributed by atoms with van der Waals surface area (Å²) in [5, 5.41) is 7.90. The smallest absolute Gasteiger partial charge is 0.339 e. The highest BCUT2D eigenvalue weighted by atomic mass is 16.5. The lowest BCUT2D eigenvalue weighted by Crippen LogP contribution is -2.38. The van der Waals surface area contributed by atoms with Crippen molar-refractivity contribution in [1.82, 2.24) is 19.2 Å². The molecule has 0 saturated carbocycles. The Labute approximate surface area is 232 Å². The van der Waals surface area contributed by atoms with Crippen molar-refractivity contribution in [2.75, 3.05) is 12.4 Å². The molecule has 8 nitrogen and oxygen atoms in total. The Kier molecular flexibility index (Phi) is 6.43. The molecule has 200 valence electrons. The van der Waals surface area contributed by atoms with E-state index in [9.17, 15) is 9.59 Å². The summed E-state index contributed by atoms with van der Waals surface area (Å²) < 4.78 is 9.02. The average molecular weight is 532 g/mol. The molecular weight excluding hydrogens is 502 g/mol. The quantitative estimate of drug-likeness (QED) is 0.280. The van der Waals surface area contributed by atoms with Gasteiger partial charge in [-0.25, -0.2) is 14.3 Å². The highest BCUT2D eigenvalue weighted by Crippen LogP contribution is 2.39. The number of methoxy groups -OCH3 is 1. The summed E-state index contributed by atoms with van der Waals surface area (Å²) in [5.41, 5.74) is 6.39. The number of fused-ring (bicyclic) bond motifs is 3. The van der Waals surface area contributed by atoms with Gasteiger partial charge in [-0.05, 0) is 55.8 Å². The number of ether oxygens (including phenoxy) is 1. The van der Waals surface area contributed by atoms with E-state index in [2.05, 4.69) is 16.0 Å². The molecule has 40 heavy (non-hydrogen) atoms. The van der Waals surface area contributed by atoms with Crippen molar-refractivity contribution in [3.05, 3.63) is 131 Å². The predicted molar refractivity (Wildman–Crippen MR) is 153 cm³/mol. The molecule has 0 unspecified atom stereocenters. The summed E-state index contributed by atoms with van der Waals surface area (Å²) in [6.07, 6.45) is 2.02. The zero-order valence-electron chi connectivity index (χ0n) is 22.5. The maximum Gasteiger partial charge on any atom is 0.339 e. The molecule has 1 N–H and O–H groups in total. The van der Waals surface area contributed by atoms with Crippen LogP contribution in [0.1, 0.15) is 44.5 Å². The minimum atomic E-state index is -0.516. The largest absolute Gasteiger partial charge is 0.465 e. The second-order valence-corrected chi connectivity index (χ2v) is 9.85. The van der Waals surface area contributed by atoms with Crippen LogP contribution in [-0.2, 0) is 11.3 Å². The Morgan fingerprint density at radius 1 is 0.925 bits per heavy atom. The van der Waals surface area contributed by atoms with E-state index in [1.807, 2.05) is 90.3 Å². The molecule has 0 saturated heterocycles. The zero-order chi connectivity index (χ0) is 27.8. The standard InChI is InChI=1S/C32H29N5O3/c1-21-11-9-12-23(19-21)29-28-17-10-18-35(28)30-26(22(2)34-37(30)24-13-5-4-6-14-24)20-36(29)32(39)33-27-16-8-7-15-25(27)31(38)40-3/h4-19,29H,20H2,1-3H3,(H,33,39)/t29-/m1/s1. The monoisotopic (exact) mass is 531 g/mol. The van der Waals surface area contributed by atoms with Crippen molar-refractivity contribution in [3.8, 4) is 11.5 Å². The van der Waals surface area contributed by atoms with Crippen LogP contribution in [0.3, 0.4) is 0 Å². The summed E-state index contributed by atoms with van der Waals surface area (Å²) in [6.45, 7) is 4.32. The first-order chi connectivity index (χ1) is 19.5. The summed E-state index contributed by atoms with van der Waals surface area (Å²) >= 11 is 0. The molecular formula is C32H29N5O3. The Morgan fingerprint density at radius 3 is 2.48 bits per heavy atom. The number of rotatable bonds is 4. The van der Waals surface area contributed by atoms with Gasteiger partial charge in [0.15, 0.2) is 0 Å². The zero-order valence-corrected chi connectivity index (χ0v) is 22.5. The number of esters is 1. The molecule has 0 spiro atoms. The highest BCUT2D eigenvalue weighted by molar-refractivity contribution is 6.01. The Morgan fingerprint density at radius 2 is 1.70 bits per heavy atom. The van der Waals surface area contributed by atoms with Crippen LogP contribution in [0, 0.1) is 13.8 Å². The van der Waals surface area contributed by atoms with E-state index < -0.39 is 12.0 Å². The van der Waals surface area contributed by atoms with E-state index in [-0.39, 0.29) is 11.6 Å². The number of aromatic nitrogens is 3. The van der Waals surface area contributed by atoms with Gasteiger partial charge in [-0.2, -0.15) is 5.10 Å². The molecule has 0 fully saturated rings. The van der Waals surface area contributed by atoms with Crippen LogP contribution in [-0.4, -0.2) is 38.4 Å². The van der Waals surface area contributed by atoms with Crippen LogP contribution < -0.4 is 5.32 Å². The molecule has 1 aliphatic rings. The van der Waals surface area contributed by atoms with E-state index in [1.165, 1.54) is 7.11 Å². The summed E-state index contributed by atoms with van der Waals surface area (Å²) in [4.78, 5) is 28.5. The van der Waals surface area contributed by atoms with Gasteiger partial charge in [0.05, 0.1) is 48.0 Å². The molecule has 1 atom stereocenters. The van der Waals surface area contributed by atoms with Gasteiger partial charge >= 0.3 is 12.0 Å². The molecule has 3 aromatic carbocycles. The number of urea groups is 1. The van der Waals surface area contributed by atoms with Gasteiger partial charge < -0.3 is 19.5 Å². The molecule has 1 aliphatic heterocycles. The van der Waals surface area contributed by atoms with Gasteiger partial charge in [-0.1, -0.05) is 60.2 Å². The third-order valence-electron chi connectivity index (χ3n) is 7.28. The van der Waals surface area contributed by atoms with Crippen molar-refractivity contribution in [3.63, 3.8) is 0 Å². The predicted octanol–water partition coefficient (Wildman–Crippen LogP) is 6.20. The minimum Gasteiger partial charge on any atom is -0.465 e. The van der Waals surface area contributed by atoms with E-state index >= 15 is 0 Å². The summed E-state index contributed by atoms with van der Waals surface area (Å²) in [7, 11) is 1.33. The molecule has 6 rings (SSSR count).